The van der Waals surface area contributed by atoms with Crippen LogP contribution in [0.15, 0.2) is 0 Å². The molecule has 76 valence electrons. The molecule has 2 nitrogen and oxygen atoms in total. The molecule has 1 saturated heterocycles. The van der Waals surface area contributed by atoms with Gasteiger partial charge >= 0.3 is 0 Å². The summed E-state index contributed by atoms with van der Waals surface area (Å²) in [7, 11) is 0. The lowest BCUT2D eigenvalue weighted by Crippen LogP contribution is -2.49. The topological polar surface area (TPSA) is 40.5 Å². The maximum Gasteiger partial charge on any atom is 0.0823 e. The summed E-state index contributed by atoms with van der Waals surface area (Å²) in [5.74, 6) is 1.88. The van der Waals surface area contributed by atoms with E-state index in [0.29, 0.717) is 0 Å². The van der Waals surface area contributed by atoms with Crippen molar-refractivity contribution in [1.29, 1.82) is 0 Å². The van der Waals surface area contributed by atoms with Crippen molar-refractivity contribution in [2.75, 3.05) is 18.1 Å². The number of aliphatic hydroxyl groups is 2. The lowest BCUT2D eigenvalue weighted by Gasteiger charge is -2.41. The predicted octanol–water partition coefficient (Wildman–Crippen LogP) is 1.41. The molecule has 2 N–H and O–H groups in total. The lowest BCUT2D eigenvalue weighted by atomic mass is 9.70. The van der Waals surface area contributed by atoms with E-state index in [9.17, 15) is 10.2 Å². The van der Waals surface area contributed by atoms with Gasteiger partial charge in [-0.3, -0.25) is 0 Å². The van der Waals surface area contributed by atoms with Crippen molar-refractivity contribution in [3.8, 4) is 0 Å². The average Bonchev–Trinajstić information content (AvgIpc) is 2.73. The second-order valence-electron chi connectivity index (χ2n) is 4.48. The minimum absolute atomic E-state index is 0.156. The van der Waals surface area contributed by atoms with E-state index in [2.05, 4.69) is 0 Å². The van der Waals surface area contributed by atoms with E-state index >= 15 is 0 Å². The van der Waals surface area contributed by atoms with Gasteiger partial charge in [0.2, 0.25) is 0 Å². The standard InChI is InChI=1S/C10H18O2S/c11-7-9(3-1-2-4-9)10(12)5-6-13-8-10/h11-12H,1-8H2. The van der Waals surface area contributed by atoms with Crippen LogP contribution >= 0.6 is 11.8 Å². The van der Waals surface area contributed by atoms with Gasteiger partial charge in [-0.2, -0.15) is 11.8 Å². The number of aliphatic hydroxyl groups excluding tert-OH is 1. The Balaban J connectivity index is 2.18. The Hall–Kier alpha value is 0.270. The summed E-state index contributed by atoms with van der Waals surface area (Å²) in [6.07, 6.45) is 5.25. The van der Waals surface area contributed by atoms with E-state index < -0.39 is 5.60 Å². The SMILES string of the molecule is OCC1(C2(O)CCSC2)CCCC1. The van der Waals surface area contributed by atoms with Crippen LogP contribution in [0, 0.1) is 5.41 Å². The third kappa shape index (κ3) is 1.41. The van der Waals surface area contributed by atoms with Crippen molar-refractivity contribution in [2.24, 2.45) is 5.41 Å². The zero-order valence-electron chi connectivity index (χ0n) is 7.96. The van der Waals surface area contributed by atoms with Gasteiger partial charge in [0.25, 0.3) is 0 Å². The molecule has 0 spiro atoms. The third-order valence-electron chi connectivity index (χ3n) is 3.85. The molecule has 2 aliphatic rings. The van der Waals surface area contributed by atoms with Crippen LogP contribution in [-0.2, 0) is 0 Å². The maximum atomic E-state index is 10.5. The Kier molecular flexibility index (Phi) is 2.60. The zero-order valence-corrected chi connectivity index (χ0v) is 8.78. The second-order valence-corrected chi connectivity index (χ2v) is 5.58. The minimum atomic E-state index is -0.567. The molecule has 1 saturated carbocycles. The van der Waals surface area contributed by atoms with Crippen LogP contribution in [0.2, 0.25) is 0 Å². The summed E-state index contributed by atoms with van der Waals surface area (Å²) < 4.78 is 0. The van der Waals surface area contributed by atoms with E-state index in [0.717, 1.165) is 30.8 Å². The first-order valence-corrected chi connectivity index (χ1v) is 6.29. The smallest absolute Gasteiger partial charge is 0.0823 e. The maximum absolute atomic E-state index is 10.5. The Morgan fingerprint density at radius 3 is 2.31 bits per heavy atom. The minimum Gasteiger partial charge on any atom is -0.396 e. The molecule has 1 aliphatic heterocycles. The summed E-state index contributed by atoms with van der Waals surface area (Å²) in [5.41, 5.74) is -0.723. The van der Waals surface area contributed by atoms with Gasteiger partial charge in [-0.15, -0.1) is 0 Å². The first-order valence-electron chi connectivity index (χ1n) is 5.13. The van der Waals surface area contributed by atoms with Gasteiger partial charge in [0, 0.05) is 11.2 Å². The van der Waals surface area contributed by atoms with Crippen molar-refractivity contribution in [2.45, 2.75) is 37.7 Å². The molecule has 0 aromatic rings. The van der Waals surface area contributed by atoms with Gasteiger partial charge in [-0.05, 0) is 25.0 Å². The van der Waals surface area contributed by atoms with E-state index in [1.807, 2.05) is 11.8 Å². The van der Waals surface area contributed by atoms with Gasteiger partial charge < -0.3 is 10.2 Å². The highest BCUT2D eigenvalue weighted by atomic mass is 32.2. The number of hydrogen-bond donors (Lipinski definition) is 2. The van der Waals surface area contributed by atoms with Gasteiger partial charge in [-0.1, -0.05) is 12.8 Å². The molecular weight excluding hydrogens is 184 g/mol. The molecule has 0 aromatic heterocycles. The van der Waals surface area contributed by atoms with Crippen molar-refractivity contribution in [3.63, 3.8) is 0 Å². The average molecular weight is 202 g/mol. The fraction of sp³-hybridized carbons (Fsp3) is 1.00. The van der Waals surface area contributed by atoms with Gasteiger partial charge in [0.1, 0.15) is 0 Å². The fourth-order valence-electron chi connectivity index (χ4n) is 2.79. The highest BCUT2D eigenvalue weighted by molar-refractivity contribution is 7.99. The second kappa shape index (κ2) is 3.44. The summed E-state index contributed by atoms with van der Waals surface area (Å²) >= 11 is 1.82. The molecule has 0 aromatic carbocycles. The first-order chi connectivity index (χ1) is 6.22. The van der Waals surface area contributed by atoms with Crippen LogP contribution in [0.1, 0.15) is 32.1 Å². The molecule has 0 radical (unpaired) electrons. The molecule has 2 rings (SSSR count). The predicted molar refractivity (Wildman–Crippen MR) is 54.9 cm³/mol. The van der Waals surface area contributed by atoms with Gasteiger partial charge in [0.15, 0.2) is 0 Å². The Bertz CT molecular complexity index is 181. The number of thioether (sulfide) groups is 1. The molecule has 1 heterocycles. The van der Waals surface area contributed by atoms with Gasteiger partial charge in [-0.25, -0.2) is 0 Å². The lowest BCUT2D eigenvalue weighted by molar-refractivity contribution is -0.0879. The van der Waals surface area contributed by atoms with Crippen LogP contribution in [0.25, 0.3) is 0 Å². The summed E-state index contributed by atoms with van der Waals surface area (Å²) in [4.78, 5) is 0. The normalized spacial score (nSPS) is 38.3. The van der Waals surface area contributed by atoms with Crippen LogP contribution in [0.3, 0.4) is 0 Å². The molecule has 2 fully saturated rings. The Morgan fingerprint density at radius 2 is 1.85 bits per heavy atom. The van der Waals surface area contributed by atoms with Gasteiger partial charge in [0.05, 0.1) is 12.2 Å². The molecule has 13 heavy (non-hydrogen) atoms. The Morgan fingerprint density at radius 1 is 1.15 bits per heavy atom. The monoisotopic (exact) mass is 202 g/mol. The molecule has 3 heteroatoms. The summed E-state index contributed by atoms with van der Waals surface area (Å²) in [5, 5.41) is 19.9. The molecule has 1 unspecified atom stereocenters. The molecule has 1 aliphatic carbocycles. The van der Waals surface area contributed by atoms with Crippen LogP contribution in [-0.4, -0.2) is 33.9 Å². The summed E-state index contributed by atoms with van der Waals surface area (Å²) in [6, 6.07) is 0. The third-order valence-corrected chi connectivity index (χ3v) is 5.03. The number of hydrogen-bond acceptors (Lipinski definition) is 3. The highest BCUT2D eigenvalue weighted by Crippen LogP contribution is 2.51. The van der Waals surface area contributed by atoms with E-state index in [4.69, 9.17) is 0 Å². The van der Waals surface area contributed by atoms with Crippen LogP contribution < -0.4 is 0 Å². The van der Waals surface area contributed by atoms with E-state index in [1.54, 1.807) is 0 Å². The van der Waals surface area contributed by atoms with Crippen molar-refractivity contribution in [3.05, 3.63) is 0 Å². The highest BCUT2D eigenvalue weighted by Gasteiger charge is 2.52. The molecule has 0 bridgehead atoms. The van der Waals surface area contributed by atoms with Crippen LogP contribution in [0.5, 0.6) is 0 Å². The molecular formula is C10H18O2S. The van der Waals surface area contributed by atoms with Crippen molar-refractivity contribution < 1.29 is 10.2 Å². The Labute approximate surface area is 83.7 Å². The first kappa shape index (κ1) is 9.81. The van der Waals surface area contributed by atoms with Crippen molar-refractivity contribution >= 4 is 11.8 Å². The molecule has 1 atom stereocenters. The molecule has 0 amide bonds. The van der Waals surface area contributed by atoms with Crippen LogP contribution in [0.4, 0.5) is 0 Å². The fourth-order valence-corrected chi connectivity index (χ4v) is 4.21. The largest absolute Gasteiger partial charge is 0.396 e. The van der Waals surface area contributed by atoms with Crippen molar-refractivity contribution in [1.82, 2.24) is 0 Å². The summed E-state index contributed by atoms with van der Waals surface area (Å²) in [6.45, 7) is 0.171. The van der Waals surface area contributed by atoms with E-state index in [1.165, 1.54) is 12.8 Å². The zero-order chi connectivity index (χ0) is 9.36. The number of rotatable bonds is 2. The quantitative estimate of drug-likeness (QED) is 0.711. The van der Waals surface area contributed by atoms with E-state index in [-0.39, 0.29) is 12.0 Å².